The zero-order valence-corrected chi connectivity index (χ0v) is 19.0. The molecule has 0 aliphatic carbocycles. The van der Waals surface area contributed by atoms with Gasteiger partial charge >= 0.3 is 5.97 Å². The Balaban J connectivity index is 1.73. The van der Waals surface area contributed by atoms with Crippen molar-refractivity contribution in [2.24, 2.45) is 0 Å². The second-order valence-corrected chi connectivity index (χ2v) is 9.60. The Morgan fingerprint density at radius 1 is 1.09 bits per heavy atom. The summed E-state index contributed by atoms with van der Waals surface area (Å²) < 4.78 is 53.6. The van der Waals surface area contributed by atoms with E-state index < -0.39 is 21.6 Å². The number of fused-ring (bicyclic) bond motifs is 1. The number of anilines is 1. The lowest BCUT2D eigenvalue weighted by Gasteiger charge is -2.10. The summed E-state index contributed by atoms with van der Waals surface area (Å²) in [5.74, 6) is -1.27. The Morgan fingerprint density at radius 2 is 1.79 bits per heavy atom. The summed E-state index contributed by atoms with van der Waals surface area (Å²) in [6, 6.07) is 15.3. The minimum atomic E-state index is -3.32. The first-order chi connectivity index (χ1) is 16.2. The molecule has 0 fully saturated rings. The number of para-hydroxylation sites is 1. The average molecular weight is 485 g/mol. The SMILES string of the molecule is COc1cc2c(C(=O)O)c(-c3ccc(Oc4ccccc4F)cc3)oc2cc1NCS(C)(=O)=O. The maximum Gasteiger partial charge on any atom is 0.340 e. The van der Waals surface area contributed by atoms with Gasteiger partial charge in [-0.1, -0.05) is 12.1 Å². The number of furan rings is 1. The maximum atomic E-state index is 13.8. The molecule has 0 aliphatic rings. The number of hydrogen-bond acceptors (Lipinski definition) is 7. The molecule has 0 amide bonds. The number of benzene rings is 3. The van der Waals surface area contributed by atoms with Gasteiger partial charge in [-0.2, -0.15) is 0 Å². The van der Waals surface area contributed by atoms with E-state index in [9.17, 15) is 22.7 Å². The third-order valence-electron chi connectivity index (χ3n) is 4.93. The van der Waals surface area contributed by atoms with E-state index >= 15 is 0 Å². The van der Waals surface area contributed by atoms with Gasteiger partial charge in [-0.3, -0.25) is 0 Å². The molecule has 10 heteroatoms. The third-order valence-corrected chi connectivity index (χ3v) is 5.60. The van der Waals surface area contributed by atoms with Gasteiger partial charge in [0.25, 0.3) is 0 Å². The molecule has 2 N–H and O–H groups in total. The van der Waals surface area contributed by atoms with Gasteiger partial charge < -0.3 is 24.3 Å². The van der Waals surface area contributed by atoms with Crippen LogP contribution in [-0.2, 0) is 9.84 Å². The second-order valence-electron chi connectivity index (χ2n) is 7.46. The van der Waals surface area contributed by atoms with Crippen LogP contribution in [0.1, 0.15) is 10.4 Å². The molecular weight excluding hydrogens is 465 g/mol. The van der Waals surface area contributed by atoms with Crippen LogP contribution in [0.2, 0.25) is 0 Å². The van der Waals surface area contributed by atoms with Gasteiger partial charge in [-0.15, -0.1) is 0 Å². The molecular formula is C24H20FNO7S. The van der Waals surface area contributed by atoms with Crippen molar-refractivity contribution < 1.29 is 36.6 Å². The molecule has 0 radical (unpaired) electrons. The van der Waals surface area contributed by atoms with Crippen LogP contribution in [0.3, 0.4) is 0 Å². The number of carboxylic acid groups (broad SMARTS) is 1. The highest BCUT2D eigenvalue weighted by Crippen LogP contribution is 2.39. The topological polar surface area (TPSA) is 115 Å². The fourth-order valence-electron chi connectivity index (χ4n) is 3.38. The van der Waals surface area contributed by atoms with Gasteiger partial charge in [0.05, 0.1) is 12.8 Å². The molecule has 0 atom stereocenters. The Kier molecular flexibility index (Phi) is 6.16. The van der Waals surface area contributed by atoms with Crippen LogP contribution < -0.4 is 14.8 Å². The van der Waals surface area contributed by atoms with E-state index in [1.807, 2.05) is 0 Å². The van der Waals surface area contributed by atoms with Crippen molar-refractivity contribution in [1.82, 2.24) is 0 Å². The molecule has 1 aromatic heterocycles. The first-order valence-electron chi connectivity index (χ1n) is 9.98. The van der Waals surface area contributed by atoms with Gasteiger partial charge in [-0.05, 0) is 42.5 Å². The van der Waals surface area contributed by atoms with Gasteiger partial charge in [0.15, 0.2) is 21.4 Å². The Morgan fingerprint density at radius 3 is 2.41 bits per heavy atom. The molecule has 176 valence electrons. The number of carboxylic acids is 1. The van der Waals surface area contributed by atoms with Crippen molar-refractivity contribution in [2.45, 2.75) is 0 Å². The number of sulfone groups is 1. The van der Waals surface area contributed by atoms with Crippen molar-refractivity contribution in [3.8, 4) is 28.6 Å². The molecule has 34 heavy (non-hydrogen) atoms. The largest absolute Gasteiger partial charge is 0.495 e. The second kappa shape index (κ2) is 9.06. The summed E-state index contributed by atoms with van der Waals surface area (Å²) in [6.07, 6.45) is 1.08. The standard InChI is InChI=1S/C24H20FNO7S/c1-31-21-11-16-20(12-18(21)26-13-34(2,29)30)33-23(22(16)24(27)28)14-7-9-15(10-8-14)32-19-6-4-3-5-17(19)25/h3-12,26H,13H2,1-2H3,(H,27,28). The zero-order valence-electron chi connectivity index (χ0n) is 18.2. The lowest BCUT2D eigenvalue weighted by molar-refractivity contribution is 0.0699. The summed E-state index contributed by atoms with van der Waals surface area (Å²) in [6.45, 7) is 0. The number of aromatic carboxylic acids is 1. The highest BCUT2D eigenvalue weighted by molar-refractivity contribution is 7.90. The van der Waals surface area contributed by atoms with Crippen molar-refractivity contribution in [3.63, 3.8) is 0 Å². The minimum absolute atomic E-state index is 0.0615. The third kappa shape index (κ3) is 4.81. The van der Waals surface area contributed by atoms with E-state index in [1.165, 1.54) is 31.4 Å². The first kappa shape index (κ1) is 23.1. The number of hydrogen-bond donors (Lipinski definition) is 2. The van der Waals surface area contributed by atoms with Gasteiger partial charge in [-0.25, -0.2) is 17.6 Å². The first-order valence-corrected chi connectivity index (χ1v) is 12.0. The Labute approximate surface area is 194 Å². The molecule has 0 saturated carbocycles. The molecule has 3 aromatic carbocycles. The molecule has 0 bridgehead atoms. The van der Waals surface area contributed by atoms with Crippen LogP contribution in [0.4, 0.5) is 10.1 Å². The van der Waals surface area contributed by atoms with E-state index in [0.717, 1.165) is 6.26 Å². The van der Waals surface area contributed by atoms with Crippen LogP contribution in [0.25, 0.3) is 22.3 Å². The fourth-order valence-corrected chi connectivity index (χ4v) is 3.80. The predicted octanol–water partition coefficient (Wildman–Crippen LogP) is 5.15. The smallest absolute Gasteiger partial charge is 0.340 e. The molecule has 1 heterocycles. The van der Waals surface area contributed by atoms with Gasteiger partial charge in [0.1, 0.15) is 34.3 Å². The van der Waals surface area contributed by atoms with E-state index in [1.54, 1.807) is 36.4 Å². The molecule has 0 saturated heterocycles. The Hall–Kier alpha value is -4.05. The summed E-state index contributed by atoms with van der Waals surface area (Å²) >= 11 is 0. The highest BCUT2D eigenvalue weighted by Gasteiger charge is 2.24. The number of carbonyl (C=O) groups is 1. The molecule has 4 aromatic rings. The van der Waals surface area contributed by atoms with E-state index in [-0.39, 0.29) is 39.7 Å². The summed E-state index contributed by atoms with van der Waals surface area (Å²) in [5.41, 5.74) is 0.951. The predicted molar refractivity (Wildman–Crippen MR) is 125 cm³/mol. The number of nitrogens with one attached hydrogen (secondary N) is 1. The summed E-state index contributed by atoms with van der Waals surface area (Å²) in [4.78, 5) is 12.1. The normalized spacial score (nSPS) is 11.4. The van der Waals surface area contributed by atoms with Crippen molar-refractivity contribution in [2.75, 3.05) is 24.6 Å². The molecule has 0 spiro atoms. The van der Waals surface area contributed by atoms with Gasteiger partial charge in [0, 0.05) is 23.3 Å². The van der Waals surface area contributed by atoms with Crippen molar-refractivity contribution >= 4 is 32.5 Å². The van der Waals surface area contributed by atoms with Crippen molar-refractivity contribution in [1.29, 1.82) is 0 Å². The summed E-state index contributed by atoms with van der Waals surface area (Å²) in [7, 11) is -1.92. The monoisotopic (exact) mass is 485 g/mol. The lowest BCUT2D eigenvalue weighted by Crippen LogP contribution is -2.12. The molecule has 0 aliphatic heterocycles. The molecule has 8 nitrogen and oxygen atoms in total. The van der Waals surface area contributed by atoms with Crippen molar-refractivity contribution in [3.05, 3.63) is 72.0 Å². The number of rotatable bonds is 8. The maximum absolute atomic E-state index is 13.8. The highest BCUT2D eigenvalue weighted by atomic mass is 32.2. The van der Waals surface area contributed by atoms with E-state index in [0.29, 0.717) is 17.0 Å². The van der Waals surface area contributed by atoms with E-state index in [2.05, 4.69) is 5.32 Å². The van der Waals surface area contributed by atoms with Crippen LogP contribution in [0.15, 0.2) is 65.1 Å². The Bertz CT molecular complexity index is 1480. The average Bonchev–Trinajstić information content (AvgIpc) is 3.17. The minimum Gasteiger partial charge on any atom is -0.495 e. The van der Waals surface area contributed by atoms with Gasteiger partial charge in [0.2, 0.25) is 0 Å². The van der Waals surface area contributed by atoms with Crippen LogP contribution in [0, 0.1) is 5.82 Å². The molecule has 0 unspecified atom stereocenters. The van der Waals surface area contributed by atoms with Crippen LogP contribution >= 0.6 is 0 Å². The van der Waals surface area contributed by atoms with Crippen LogP contribution in [0.5, 0.6) is 17.2 Å². The quantitative estimate of drug-likeness (QED) is 0.352. The number of ether oxygens (including phenoxy) is 2. The summed E-state index contributed by atoms with van der Waals surface area (Å²) in [5, 5.41) is 12.9. The number of methoxy groups -OCH3 is 1. The van der Waals surface area contributed by atoms with E-state index in [4.69, 9.17) is 13.9 Å². The molecule has 4 rings (SSSR count). The zero-order chi connectivity index (χ0) is 24.5. The lowest BCUT2D eigenvalue weighted by atomic mass is 10.0. The fraction of sp³-hybridized carbons (Fsp3) is 0.125. The number of halogens is 1. The van der Waals surface area contributed by atoms with Crippen LogP contribution in [-0.4, -0.2) is 38.7 Å².